The van der Waals surface area contributed by atoms with Crippen molar-refractivity contribution in [1.29, 1.82) is 0 Å². The Hall–Kier alpha value is -2.35. The average molecular weight is 403 g/mol. The van der Waals surface area contributed by atoms with Crippen molar-refractivity contribution in [1.82, 2.24) is 14.5 Å². The van der Waals surface area contributed by atoms with Gasteiger partial charge in [-0.25, -0.2) is 4.98 Å². The predicted molar refractivity (Wildman–Crippen MR) is 110 cm³/mol. The number of hydrogen-bond acceptors (Lipinski definition) is 5. The molecule has 0 spiro atoms. The zero-order chi connectivity index (χ0) is 20.1. The van der Waals surface area contributed by atoms with Crippen LogP contribution in [0.1, 0.15) is 32.6 Å². The molecule has 0 radical (unpaired) electrons. The zero-order valence-electron chi connectivity index (χ0n) is 16.1. The molecule has 28 heavy (non-hydrogen) atoms. The van der Waals surface area contributed by atoms with Gasteiger partial charge in [-0.3, -0.25) is 19.0 Å². The fourth-order valence-corrected chi connectivity index (χ4v) is 4.35. The van der Waals surface area contributed by atoms with Crippen LogP contribution in [0.5, 0.6) is 0 Å². The predicted octanol–water partition coefficient (Wildman–Crippen LogP) is 2.01. The number of rotatable bonds is 7. The van der Waals surface area contributed by atoms with Gasteiger partial charge in [0.2, 0.25) is 11.8 Å². The van der Waals surface area contributed by atoms with Crippen LogP contribution >= 0.6 is 11.8 Å². The number of para-hydroxylation sites is 1. The number of carbonyl (C=O) groups is 2. The number of amides is 2. The van der Waals surface area contributed by atoms with Crippen molar-refractivity contribution in [3.8, 4) is 0 Å². The maximum absolute atomic E-state index is 12.9. The SMILES string of the molecule is CCCCn1c(SCC(=O)N2CCC[C@@H](C(N)=O)C2)nc2ccccc2c1=O. The summed E-state index contributed by atoms with van der Waals surface area (Å²) in [5, 5.41) is 1.16. The lowest BCUT2D eigenvalue weighted by molar-refractivity contribution is -0.132. The van der Waals surface area contributed by atoms with Crippen LogP contribution in [0, 0.1) is 5.92 Å². The van der Waals surface area contributed by atoms with Gasteiger partial charge >= 0.3 is 0 Å². The summed E-state index contributed by atoms with van der Waals surface area (Å²) in [6, 6.07) is 7.28. The van der Waals surface area contributed by atoms with E-state index in [1.165, 1.54) is 11.8 Å². The van der Waals surface area contributed by atoms with Crippen LogP contribution in [0.15, 0.2) is 34.2 Å². The molecule has 1 aromatic carbocycles. The van der Waals surface area contributed by atoms with Gasteiger partial charge in [0.05, 0.1) is 22.6 Å². The minimum absolute atomic E-state index is 0.0552. The third-order valence-corrected chi connectivity index (χ3v) is 6.02. The summed E-state index contributed by atoms with van der Waals surface area (Å²) >= 11 is 1.28. The normalized spacial score (nSPS) is 17.0. The first-order valence-corrected chi connectivity index (χ1v) is 10.7. The minimum atomic E-state index is -0.352. The third-order valence-electron chi connectivity index (χ3n) is 5.06. The van der Waals surface area contributed by atoms with Crippen molar-refractivity contribution in [3.05, 3.63) is 34.6 Å². The van der Waals surface area contributed by atoms with Gasteiger partial charge in [-0.15, -0.1) is 0 Å². The minimum Gasteiger partial charge on any atom is -0.369 e. The summed E-state index contributed by atoms with van der Waals surface area (Å²) in [6.07, 6.45) is 3.34. The van der Waals surface area contributed by atoms with E-state index in [0.717, 1.165) is 25.7 Å². The van der Waals surface area contributed by atoms with E-state index in [-0.39, 0.29) is 29.0 Å². The molecule has 0 unspecified atom stereocenters. The van der Waals surface area contributed by atoms with Gasteiger partial charge < -0.3 is 10.6 Å². The molecule has 1 aliphatic rings. The van der Waals surface area contributed by atoms with E-state index in [4.69, 9.17) is 5.73 Å². The molecule has 1 fully saturated rings. The summed E-state index contributed by atoms with van der Waals surface area (Å²) in [5.41, 5.74) is 5.97. The number of nitrogens with two attached hydrogens (primary N) is 1. The molecule has 3 rings (SSSR count). The first-order valence-electron chi connectivity index (χ1n) is 9.70. The van der Waals surface area contributed by atoms with Gasteiger partial charge in [0.25, 0.3) is 5.56 Å². The first kappa shape index (κ1) is 20.4. The molecule has 1 aliphatic heterocycles. The Bertz CT molecular complexity index is 927. The number of primary amides is 1. The van der Waals surface area contributed by atoms with E-state index in [0.29, 0.717) is 35.7 Å². The monoisotopic (exact) mass is 402 g/mol. The number of thioether (sulfide) groups is 1. The highest BCUT2D eigenvalue weighted by atomic mass is 32.2. The summed E-state index contributed by atoms with van der Waals surface area (Å²) in [6.45, 7) is 3.66. The molecule has 8 heteroatoms. The second kappa shape index (κ2) is 9.23. The Kier molecular flexibility index (Phi) is 6.72. The van der Waals surface area contributed by atoms with E-state index >= 15 is 0 Å². The quantitative estimate of drug-likeness (QED) is 0.564. The van der Waals surface area contributed by atoms with E-state index < -0.39 is 0 Å². The van der Waals surface area contributed by atoms with E-state index in [9.17, 15) is 14.4 Å². The number of nitrogens with zero attached hydrogens (tertiary/aromatic N) is 3. The lowest BCUT2D eigenvalue weighted by atomic mass is 9.97. The van der Waals surface area contributed by atoms with Gasteiger partial charge in [-0.05, 0) is 31.4 Å². The van der Waals surface area contributed by atoms with Crippen LogP contribution in [-0.4, -0.2) is 45.1 Å². The highest BCUT2D eigenvalue weighted by Crippen LogP contribution is 2.21. The van der Waals surface area contributed by atoms with Crippen molar-refractivity contribution in [2.45, 2.75) is 44.3 Å². The van der Waals surface area contributed by atoms with Gasteiger partial charge in [0, 0.05) is 19.6 Å². The molecular formula is C20H26N4O3S. The summed E-state index contributed by atoms with van der Waals surface area (Å²) in [5.74, 6) is -0.498. The van der Waals surface area contributed by atoms with Gasteiger partial charge in [0.15, 0.2) is 5.16 Å². The van der Waals surface area contributed by atoms with Gasteiger partial charge in [0.1, 0.15) is 0 Å². The lowest BCUT2D eigenvalue weighted by Gasteiger charge is -2.31. The standard InChI is InChI=1S/C20H26N4O3S/c1-2-3-11-24-19(27)15-8-4-5-9-16(15)22-20(24)28-13-17(25)23-10-6-7-14(12-23)18(21)26/h4-5,8-9,14H,2-3,6-7,10-13H2,1H3,(H2,21,26)/t14-/m1/s1. The topological polar surface area (TPSA) is 98.3 Å². The highest BCUT2D eigenvalue weighted by molar-refractivity contribution is 7.99. The molecule has 0 saturated carbocycles. The highest BCUT2D eigenvalue weighted by Gasteiger charge is 2.27. The molecule has 2 N–H and O–H groups in total. The summed E-state index contributed by atoms with van der Waals surface area (Å²) in [4.78, 5) is 43.3. The van der Waals surface area contributed by atoms with Crippen molar-refractivity contribution >= 4 is 34.5 Å². The van der Waals surface area contributed by atoms with Crippen molar-refractivity contribution < 1.29 is 9.59 Å². The van der Waals surface area contributed by atoms with Crippen LogP contribution in [0.3, 0.4) is 0 Å². The number of carbonyl (C=O) groups excluding carboxylic acids is 2. The van der Waals surface area contributed by atoms with Crippen molar-refractivity contribution in [2.24, 2.45) is 11.7 Å². The molecule has 1 saturated heterocycles. The Balaban J connectivity index is 1.78. The Morgan fingerprint density at radius 1 is 1.32 bits per heavy atom. The molecule has 7 nitrogen and oxygen atoms in total. The van der Waals surface area contributed by atoms with E-state index in [1.807, 2.05) is 18.2 Å². The number of likely N-dealkylation sites (tertiary alicyclic amines) is 1. The fraction of sp³-hybridized carbons (Fsp3) is 0.500. The van der Waals surface area contributed by atoms with E-state index in [2.05, 4.69) is 11.9 Å². The second-order valence-corrected chi connectivity index (χ2v) is 8.03. The molecule has 0 bridgehead atoms. The zero-order valence-corrected chi connectivity index (χ0v) is 16.9. The third kappa shape index (κ3) is 4.55. The molecule has 2 heterocycles. The van der Waals surface area contributed by atoms with Crippen molar-refractivity contribution in [3.63, 3.8) is 0 Å². The molecule has 2 amide bonds. The fourth-order valence-electron chi connectivity index (χ4n) is 3.42. The molecule has 1 aromatic heterocycles. The number of hydrogen-bond donors (Lipinski definition) is 1. The van der Waals surface area contributed by atoms with E-state index in [1.54, 1.807) is 15.5 Å². The Morgan fingerprint density at radius 3 is 2.86 bits per heavy atom. The Morgan fingerprint density at radius 2 is 2.11 bits per heavy atom. The maximum Gasteiger partial charge on any atom is 0.262 e. The Labute approximate surface area is 168 Å². The number of unbranched alkanes of at least 4 members (excludes halogenated alkanes) is 1. The largest absolute Gasteiger partial charge is 0.369 e. The number of aromatic nitrogens is 2. The molecule has 2 aromatic rings. The molecule has 0 aliphatic carbocycles. The van der Waals surface area contributed by atoms with Crippen LogP contribution < -0.4 is 11.3 Å². The first-order chi connectivity index (χ1) is 13.5. The molecule has 1 atom stereocenters. The van der Waals surface area contributed by atoms with Gasteiger partial charge in [-0.1, -0.05) is 37.2 Å². The number of piperidine rings is 1. The lowest BCUT2D eigenvalue weighted by Crippen LogP contribution is -2.44. The average Bonchev–Trinajstić information content (AvgIpc) is 2.71. The molecular weight excluding hydrogens is 376 g/mol. The maximum atomic E-state index is 12.9. The molecule has 150 valence electrons. The van der Waals surface area contributed by atoms with Crippen LogP contribution in [0.4, 0.5) is 0 Å². The smallest absolute Gasteiger partial charge is 0.262 e. The van der Waals surface area contributed by atoms with Crippen LogP contribution in [-0.2, 0) is 16.1 Å². The van der Waals surface area contributed by atoms with Crippen LogP contribution in [0.2, 0.25) is 0 Å². The number of benzene rings is 1. The summed E-state index contributed by atoms with van der Waals surface area (Å²) in [7, 11) is 0. The number of fused-ring (bicyclic) bond motifs is 1. The summed E-state index contributed by atoms with van der Waals surface area (Å²) < 4.78 is 1.67. The van der Waals surface area contributed by atoms with Gasteiger partial charge in [-0.2, -0.15) is 0 Å². The van der Waals surface area contributed by atoms with Crippen molar-refractivity contribution in [2.75, 3.05) is 18.8 Å². The second-order valence-electron chi connectivity index (χ2n) is 7.09. The van der Waals surface area contributed by atoms with Crippen LogP contribution in [0.25, 0.3) is 10.9 Å².